The van der Waals surface area contributed by atoms with Crippen LogP contribution in [0.15, 0.2) is 0 Å². The molecule has 10 heavy (non-hydrogen) atoms. The van der Waals surface area contributed by atoms with Gasteiger partial charge in [-0.15, -0.1) is 0 Å². The minimum atomic E-state index is -0.250. The van der Waals surface area contributed by atoms with Crippen molar-refractivity contribution in [2.45, 2.75) is 18.9 Å². The first kappa shape index (κ1) is 9.39. The minimum Gasteiger partial charge on any atom is -0.483 e. The van der Waals surface area contributed by atoms with E-state index < -0.39 is 0 Å². The van der Waals surface area contributed by atoms with Crippen LogP contribution in [-0.4, -0.2) is 35.9 Å². The Hall–Kier alpha value is -0.610. The Morgan fingerprint density at radius 1 is 1.40 bits per heavy atom. The molecule has 0 bridgehead atoms. The number of hydrogen-bond acceptors (Lipinski definition) is 3. The average Bonchev–Trinajstić information content (AvgIpc) is 1.91. The highest BCUT2D eigenvalue weighted by molar-refractivity contribution is 5.32. The van der Waals surface area contributed by atoms with Crippen LogP contribution in [0.2, 0.25) is 0 Å². The lowest BCUT2D eigenvalue weighted by atomic mass is 10.1. The van der Waals surface area contributed by atoms with E-state index in [0.717, 1.165) is 25.9 Å². The highest BCUT2D eigenvalue weighted by Gasteiger charge is 2.06. The second-order valence-electron chi connectivity index (χ2n) is 2.09. The first-order valence-electron chi connectivity index (χ1n) is 3.28. The standard InChI is InChI=1S/C5H11NO.CH2O2/c7-5-1-3-6-4-2-5;2-1-3/h5-7H,1-4H2;1H,(H,2,3). The molecule has 0 unspecified atom stereocenters. The molecule has 0 amide bonds. The first-order chi connectivity index (χ1) is 4.81. The number of nitrogens with one attached hydrogen (secondary N) is 1. The van der Waals surface area contributed by atoms with Gasteiger partial charge in [-0.2, -0.15) is 0 Å². The van der Waals surface area contributed by atoms with Crippen molar-refractivity contribution in [3.05, 3.63) is 0 Å². The molecule has 0 saturated carbocycles. The summed E-state index contributed by atoms with van der Waals surface area (Å²) in [6, 6.07) is 0. The molecular weight excluding hydrogens is 134 g/mol. The first-order valence-corrected chi connectivity index (χ1v) is 3.28. The Bertz CT molecular complexity index is 81.1. The molecule has 1 aliphatic rings. The van der Waals surface area contributed by atoms with Gasteiger partial charge in [-0.05, 0) is 25.9 Å². The van der Waals surface area contributed by atoms with Crippen molar-refractivity contribution in [1.29, 1.82) is 0 Å². The van der Waals surface area contributed by atoms with E-state index in [0.29, 0.717) is 0 Å². The summed E-state index contributed by atoms with van der Waals surface area (Å²) in [6.45, 7) is 1.72. The summed E-state index contributed by atoms with van der Waals surface area (Å²) in [6.07, 6.45) is 1.83. The third-order valence-corrected chi connectivity index (χ3v) is 1.31. The summed E-state index contributed by atoms with van der Waals surface area (Å²) < 4.78 is 0. The Morgan fingerprint density at radius 3 is 2.00 bits per heavy atom. The monoisotopic (exact) mass is 147 g/mol. The fourth-order valence-electron chi connectivity index (χ4n) is 0.807. The van der Waals surface area contributed by atoms with Crippen molar-refractivity contribution in [3.63, 3.8) is 0 Å². The Morgan fingerprint density at radius 2 is 1.80 bits per heavy atom. The van der Waals surface area contributed by atoms with E-state index in [1.165, 1.54) is 0 Å². The van der Waals surface area contributed by atoms with Gasteiger partial charge < -0.3 is 15.5 Å². The van der Waals surface area contributed by atoms with Crippen LogP contribution >= 0.6 is 0 Å². The number of aliphatic hydroxyl groups excluding tert-OH is 1. The molecule has 1 rings (SSSR count). The lowest BCUT2D eigenvalue weighted by Crippen LogP contribution is -2.30. The van der Waals surface area contributed by atoms with Gasteiger partial charge in [-0.25, -0.2) is 0 Å². The second kappa shape index (κ2) is 6.51. The molecule has 0 aliphatic carbocycles. The van der Waals surface area contributed by atoms with Crippen molar-refractivity contribution < 1.29 is 15.0 Å². The second-order valence-corrected chi connectivity index (χ2v) is 2.09. The Balaban J connectivity index is 0.000000236. The maximum atomic E-state index is 8.87. The quantitative estimate of drug-likeness (QED) is 0.401. The molecule has 4 nitrogen and oxygen atoms in total. The van der Waals surface area contributed by atoms with Crippen molar-refractivity contribution in [1.82, 2.24) is 5.32 Å². The maximum absolute atomic E-state index is 8.87. The Kier molecular flexibility index (Phi) is 6.11. The molecule has 0 aromatic heterocycles. The minimum absolute atomic E-state index is 0.0266. The smallest absolute Gasteiger partial charge is 0.290 e. The van der Waals surface area contributed by atoms with Gasteiger partial charge in [0.1, 0.15) is 0 Å². The van der Waals surface area contributed by atoms with Gasteiger partial charge in [-0.1, -0.05) is 0 Å². The van der Waals surface area contributed by atoms with Gasteiger partial charge in [-0.3, -0.25) is 4.79 Å². The molecule has 3 N–H and O–H groups in total. The van der Waals surface area contributed by atoms with Crippen LogP contribution in [0, 0.1) is 0 Å². The molecular formula is C6H13NO3. The van der Waals surface area contributed by atoms with Gasteiger partial charge in [0.2, 0.25) is 0 Å². The van der Waals surface area contributed by atoms with E-state index in [1.54, 1.807) is 0 Å². The van der Waals surface area contributed by atoms with E-state index in [1.807, 2.05) is 0 Å². The van der Waals surface area contributed by atoms with Crippen LogP contribution in [0.4, 0.5) is 0 Å². The van der Waals surface area contributed by atoms with Crippen LogP contribution in [0.3, 0.4) is 0 Å². The SMILES string of the molecule is O=CO.OC1CCNCC1. The summed E-state index contributed by atoms with van der Waals surface area (Å²) in [7, 11) is 0. The van der Waals surface area contributed by atoms with E-state index in [2.05, 4.69) is 5.32 Å². The molecule has 1 fully saturated rings. The number of hydrogen-bond donors (Lipinski definition) is 3. The van der Waals surface area contributed by atoms with E-state index >= 15 is 0 Å². The topological polar surface area (TPSA) is 69.6 Å². The van der Waals surface area contributed by atoms with Crippen molar-refractivity contribution >= 4 is 6.47 Å². The fourth-order valence-corrected chi connectivity index (χ4v) is 0.807. The number of carbonyl (C=O) groups is 1. The van der Waals surface area contributed by atoms with Gasteiger partial charge in [0, 0.05) is 0 Å². The molecule has 0 atom stereocenters. The number of piperidine rings is 1. The van der Waals surface area contributed by atoms with Crippen LogP contribution < -0.4 is 5.32 Å². The third-order valence-electron chi connectivity index (χ3n) is 1.31. The average molecular weight is 147 g/mol. The Labute approximate surface area is 59.9 Å². The van der Waals surface area contributed by atoms with E-state index in [9.17, 15) is 0 Å². The summed E-state index contributed by atoms with van der Waals surface area (Å²) >= 11 is 0. The molecule has 1 aliphatic heterocycles. The van der Waals surface area contributed by atoms with Crippen LogP contribution in [-0.2, 0) is 4.79 Å². The van der Waals surface area contributed by atoms with E-state index in [4.69, 9.17) is 15.0 Å². The number of aliphatic hydroxyl groups is 1. The third kappa shape index (κ3) is 5.53. The van der Waals surface area contributed by atoms with Crippen LogP contribution in [0.5, 0.6) is 0 Å². The molecule has 0 aromatic carbocycles. The zero-order chi connectivity index (χ0) is 7.82. The predicted octanol–water partition coefficient (Wildman–Crippen LogP) is -0.569. The molecule has 4 heteroatoms. The molecule has 1 heterocycles. The van der Waals surface area contributed by atoms with Gasteiger partial charge in [0.05, 0.1) is 6.10 Å². The van der Waals surface area contributed by atoms with Gasteiger partial charge in [0.25, 0.3) is 6.47 Å². The van der Waals surface area contributed by atoms with Crippen LogP contribution in [0.1, 0.15) is 12.8 Å². The normalized spacial score (nSPS) is 18.9. The molecule has 60 valence electrons. The lowest BCUT2D eigenvalue weighted by Gasteiger charge is -2.16. The zero-order valence-electron chi connectivity index (χ0n) is 5.79. The predicted molar refractivity (Wildman–Crippen MR) is 36.8 cm³/mol. The number of carboxylic acid groups (broad SMARTS) is 1. The molecule has 1 saturated heterocycles. The summed E-state index contributed by atoms with van der Waals surface area (Å²) in [5, 5.41) is 18.9. The van der Waals surface area contributed by atoms with Crippen molar-refractivity contribution in [2.24, 2.45) is 0 Å². The van der Waals surface area contributed by atoms with E-state index in [-0.39, 0.29) is 12.6 Å². The highest BCUT2D eigenvalue weighted by atomic mass is 16.3. The van der Waals surface area contributed by atoms with Gasteiger partial charge in [0.15, 0.2) is 0 Å². The lowest BCUT2D eigenvalue weighted by molar-refractivity contribution is -0.122. The summed E-state index contributed by atoms with van der Waals surface area (Å²) in [5.41, 5.74) is 0. The van der Waals surface area contributed by atoms with Gasteiger partial charge >= 0.3 is 0 Å². The molecule has 0 spiro atoms. The fraction of sp³-hybridized carbons (Fsp3) is 0.833. The van der Waals surface area contributed by atoms with Crippen molar-refractivity contribution in [3.8, 4) is 0 Å². The summed E-state index contributed by atoms with van der Waals surface area (Å²) in [4.78, 5) is 8.36. The van der Waals surface area contributed by atoms with Crippen molar-refractivity contribution in [2.75, 3.05) is 13.1 Å². The molecule has 0 aromatic rings. The highest BCUT2D eigenvalue weighted by Crippen LogP contribution is 1.99. The summed E-state index contributed by atoms with van der Waals surface area (Å²) in [5.74, 6) is 0. The maximum Gasteiger partial charge on any atom is 0.290 e. The largest absolute Gasteiger partial charge is 0.483 e. The van der Waals surface area contributed by atoms with Crippen LogP contribution in [0.25, 0.3) is 0 Å². The molecule has 0 radical (unpaired) electrons. The zero-order valence-corrected chi connectivity index (χ0v) is 5.79. The number of rotatable bonds is 0.